The molecule has 2 aromatic rings. The smallest absolute Gasteiger partial charge is 0.268 e. The van der Waals surface area contributed by atoms with Gasteiger partial charge in [0.25, 0.3) is 11.8 Å². The van der Waals surface area contributed by atoms with Crippen LogP contribution in [0.2, 0.25) is 0 Å². The summed E-state index contributed by atoms with van der Waals surface area (Å²) < 4.78 is 0. The maximum atomic E-state index is 12.3. The Balaban J connectivity index is 0.00000385. The lowest BCUT2D eigenvalue weighted by Crippen LogP contribution is -2.51. The number of nitrogens with one attached hydrogen (secondary N) is 2. The Morgan fingerprint density at radius 1 is 1.03 bits per heavy atom. The Bertz CT molecular complexity index is 988. The van der Waals surface area contributed by atoms with Crippen molar-refractivity contribution in [1.29, 1.82) is 0 Å². The number of aliphatic hydroxyl groups is 1. The molecule has 1 aromatic heterocycles. The summed E-state index contributed by atoms with van der Waals surface area (Å²) in [6.45, 7) is 5.29. The summed E-state index contributed by atoms with van der Waals surface area (Å²) in [5, 5.41) is 20.7. The third kappa shape index (κ3) is 7.02. The van der Waals surface area contributed by atoms with E-state index in [0.717, 1.165) is 37.6 Å². The van der Waals surface area contributed by atoms with Gasteiger partial charge in [-0.2, -0.15) is 0 Å². The molecule has 9 heteroatoms. The fourth-order valence-corrected chi connectivity index (χ4v) is 3.23. The molecule has 1 aromatic carbocycles. The maximum Gasteiger partial charge on any atom is 0.268 e. The number of hydrogen-bond donors (Lipinski definition) is 4. The number of hydroxylamine groups is 1. The first kappa shape index (κ1) is 25.8. The number of pyridine rings is 1. The van der Waals surface area contributed by atoms with E-state index in [2.05, 4.69) is 39.0 Å². The van der Waals surface area contributed by atoms with E-state index in [1.165, 1.54) is 12.4 Å². The van der Waals surface area contributed by atoms with Gasteiger partial charge in [-0.05, 0) is 50.4 Å². The van der Waals surface area contributed by atoms with Gasteiger partial charge in [0.1, 0.15) is 11.9 Å². The minimum atomic E-state index is -1.27. The molecule has 0 radical (unpaired) electrons. The van der Waals surface area contributed by atoms with Crippen LogP contribution in [-0.4, -0.2) is 77.4 Å². The Labute approximate surface area is 194 Å². The molecule has 1 aliphatic rings. The second-order valence-electron chi connectivity index (χ2n) is 7.69. The minimum absolute atomic E-state index is 0. The van der Waals surface area contributed by atoms with Crippen LogP contribution in [0.1, 0.15) is 35.8 Å². The van der Waals surface area contributed by atoms with Gasteiger partial charge >= 0.3 is 0 Å². The van der Waals surface area contributed by atoms with E-state index in [0.29, 0.717) is 11.1 Å². The van der Waals surface area contributed by atoms with Crippen molar-refractivity contribution in [2.45, 2.75) is 26.5 Å². The number of hydrogen-bond acceptors (Lipinski definition) is 7. The molecule has 3 rings (SSSR count). The topological polar surface area (TPSA) is 118 Å². The van der Waals surface area contributed by atoms with Crippen molar-refractivity contribution < 1.29 is 19.9 Å². The van der Waals surface area contributed by atoms with Crippen molar-refractivity contribution in [3.05, 3.63) is 59.3 Å². The maximum absolute atomic E-state index is 12.3. The lowest BCUT2D eigenvalue weighted by molar-refractivity contribution is -0.133. The van der Waals surface area contributed by atoms with Crippen molar-refractivity contribution >= 4 is 17.6 Å². The molecule has 9 nitrogen and oxygen atoms in total. The molecule has 176 valence electrons. The fraction of sp³-hybridized carbons (Fsp3) is 0.375. The van der Waals surface area contributed by atoms with E-state index in [-0.39, 0.29) is 7.43 Å². The summed E-state index contributed by atoms with van der Waals surface area (Å²) in [7, 11) is 2.12. The van der Waals surface area contributed by atoms with Gasteiger partial charge in [-0.25, -0.2) is 10.5 Å². The molecule has 0 saturated carbocycles. The summed E-state index contributed by atoms with van der Waals surface area (Å²) in [4.78, 5) is 32.9. The number of carbonyl (C=O) groups is 2. The van der Waals surface area contributed by atoms with E-state index in [4.69, 9.17) is 5.21 Å². The monoisotopic (exact) mass is 453 g/mol. The standard InChI is InChI=1S/C23H27N5O4.CH4/c1-16(29)21(23(31)26-32)25-22(30)19-8-5-17(6-9-19)3-4-18-7-10-20(24-15-18)28-13-11-27(2)12-14-28;/h5-10,15-16,21,29,32H,11-14H2,1-2H3,(H,25,30)(H,26,31);1H4/t16-,21+;/m1./s1. The van der Waals surface area contributed by atoms with Gasteiger partial charge in [-0.1, -0.05) is 19.3 Å². The number of amides is 2. The van der Waals surface area contributed by atoms with Gasteiger partial charge in [0, 0.05) is 49.1 Å². The van der Waals surface area contributed by atoms with Crippen molar-refractivity contribution in [3.63, 3.8) is 0 Å². The number of carbonyl (C=O) groups excluding carboxylic acids is 2. The summed E-state index contributed by atoms with van der Waals surface area (Å²) >= 11 is 0. The summed E-state index contributed by atoms with van der Waals surface area (Å²) in [6.07, 6.45) is 0.581. The number of likely N-dealkylation sites (N-methyl/N-ethyl adjacent to an activating group) is 1. The molecule has 0 aliphatic carbocycles. The number of aliphatic hydroxyl groups excluding tert-OH is 1. The molecule has 4 N–H and O–H groups in total. The zero-order valence-corrected chi connectivity index (χ0v) is 18.1. The zero-order valence-electron chi connectivity index (χ0n) is 18.1. The number of nitrogens with zero attached hydrogens (tertiary/aromatic N) is 3. The number of benzene rings is 1. The first-order valence-electron chi connectivity index (χ1n) is 10.3. The SMILES string of the molecule is C.C[C@@H](O)[C@H](NC(=O)c1ccc(C#Cc2ccc(N3CCN(C)CC3)nc2)cc1)C(=O)NO. The fourth-order valence-electron chi connectivity index (χ4n) is 3.23. The lowest BCUT2D eigenvalue weighted by atomic mass is 10.1. The Hall–Kier alpha value is -3.45. The van der Waals surface area contributed by atoms with Gasteiger partial charge in [0.2, 0.25) is 0 Å². The van der Waals surface area contributed by atoms with Crippen molar-refractivity contribution in [2.75, 3.05) is 38.1 Å². The number of aromatic nitrogens is 1. The van der Waals surface area contributed by atoms with Gasteiger partial charge < -0.3 is 20.2 Å². The van der Waals surface area contributed by atoms with Crippen molar-refractivity contribution in [3.8, 4) is 11.8 Å². The van der Waals surface area contributed by atoms with Crippen molar-refractivity contribution in [1.82, 2.24) is 20.7 Å². The summed E-state index contributed by atoms with van der Waals surface area (Å²) in [5.41, 5.74) is 3.23. The van der Waals surface area contributed by atoms with Gasteiger partial charge in [0.05, 0.1) is 6.10 Å². The van der Waals surface area contributed by atoms with Gasteiger partial charge in [-0.15, -0.1) is 0 Å². The number of rotatable bonds is 5. The Kier molecular flexibility index (Phi) is 9.36. The van der Waals surface area contributed by atoms with Gasteiger partial charge in [0.15, 0.2) is 0 Å². The molecule has 2 heterocycles. The molecule has 0 unspecified atom stereocenters. The van der Waals surface area contributed by atoms with E-state index in [1.54, 1.807) is 30.5 Å². The van der Waals surface area contributed by atoms with Crippen LogP contribution in [0.15, 0.2) is 42.6 Å². The van der Waals surface area contributed by atoms with Crippen molar-refractivity contribution in [2.24, 2.45) is 0 Å². The third-order valence-electron chi connectivity index (χ3n) is 5.24. The summed E-state index contributed by atoms with van der Waals surface area (Å²) in [5.74, 6) is 5.60. The Morgan fingerprint density at radius 2 is 1.64 bits per heavy atom. The van der Waals surface area contributed by atoms with Crippen LogP contribution in [-0.2, 0) is 4.79 Å². The highest BCUT2D eigenvalue weighted by Crippen LogP contribution is 2.13. The highest BCUT2D eigenvalue weighted by molar-refractivity contribution is 5.97. The quantitative estimate of drug-likeness (QED) is 0.301. The van der Waals surface area contributed by atoms with E-state index >= 15 is 0 Å². The normalized spacial score (nSPS) is 15.3. The molecule has 0 spiro atoms. The lowest BCUT2D eigenvalue weighted by Gasteiger charge is -2.33. The zero-order chi connectivity index (χ0) is 23.1. The van der Waals surface area contributed by atoms with E-state index in [9.17, 15) is 14.7 Å². The number of piperazine rings is 1. The predicted molar refractivity (Wildman–Crippen MR) is 126 cm³/mol. The van der Waals surface area contributed by atoms with Gasteiger partial charge in [-0.3, -0.25) is 14.8 Å². The van der Waals surface area contributed by atoms with E-state index in [1.807, 2.05) is 12.1 Å². The van der Waals surface area contributed by atoms with Crippen LogP contribution < -0.4 is 15.7 Å². The molecular weight excluding hydrogens is 422 g/mol. The largest absolute Gasteiger partial charge is 0.391 e. The second kappa shape index (κ2) is 12.0. The third-order valence-corrected chi connectivity index (χ3v) is 5.24. The first-order chi connectivity index (χ1) is 15.4. The molecule has 0 bridgehead atoms. The molecule has 1 saturated heterocycles. The highest BCUT2D eigenvalue weighted by Gasteiger charge is 2.25. The van der Waals surface area contributed by atoms with Crippen LogP contribution in [0.5, 0.6) is 0 Å². The van der Waals surface area contributed by atoms with Crippen LogP contribution in [0.25, 0.3) is 0 Å². The van der Waals surface area contributed by atoms with Crippen LogP contribution in [0.4, 0.5) is 5.82 Å². The molecular formula is C24H31N5O4. The summed E-state index contributed by atoms with van der Waals surface area (Å²) in [6, 6.07) is 9.18. The minimum Gasteiger partial charge on any atom is -0.391 e. The number of anilines is 1. The average Bonchev–Trinajstić information content (AvgIpc) is 2.81. The molecule has 33 heavy (non-hydrogen) atoms. The molecule has 2 amide bonds. The first-order valence-corrected chi connectivity index (χ1v) is 10.3. The molecule has 2 atom stereocenters. The van der Waals surface area contributed by atoms with Crippen LogP contribution in [0, 0.1) is 11.8 Å². The molecule has 1 aliphatic heterocycles. The second-order valence-corrected chi connectivity index (χ2v) is 7.69. The average molecular weight is 454 g/mol. The van der Waals surface area contributed by atoms with E-state index < -0.39 is 24.0 Å². The Morgan fingerprint density at radius 3 is 2.18 bits per heavy atom. The van der Waals surface area contributed by atoms with Crippen LogP contribution >= 0.6 is 0 Å². The highest BCUT2D eigenvalue weighted by atomic mass is 16.5. The van der Waals surface area contributed by atoms with Crippen LogP contribution in [0.3, 0.4) is 0 Å². The predicted octanol–water partition coefficient (Wildman–Crippen LogP) is 0.854. The molecule has 1 fully saturated rings.